The zero-order valence-electron chi connectivity index (χ0n) is 10.2. The number of nitrogens with zero attached hydrogens (tertiary/aromatic N) is 3. The minimum absolute atomic E-state index is 0.139. The average Bonchev–Trinajstić information content (AvgIpc) is 2.41. The van der Waals surface area contributed by atoms with E-state index in [9.17, 15) is 10.1 Å². The third-order valence-corrected chi connectivity index (χ3v) is 4.16. The molecule has 0 saturated carbocycles. The Hall–Kier alpha value is -1.04. The van der Waals surface area contributed by atoms with Crippen molar-refractivity contribution in [2.75, 3.05) is 0 Å². The number of nitro groups is 1. The SMILES string of the molecule is Cc1nn(C)c(SC(C)C(C)C)c1[N+](=O)[O-]. The number of aryl methyl sites for hydroxylation is 2. The summed E-state index contributed by atoms with van der Waals surface area (Å²) in [4.78, 5) is 10.6. The molecule has 0 aliphatic carbocycles. The smallest absolute Gasteiger partial charge is 0.258 e. The van der Waals surface area contributed by atoms with Crippen LogP contribution in [0.1, 0.15) is 26.5 Å². The molecule has 0 bridgehead atoms. The quantitative estimate of drug-likeness (QED) is 0.463. The lowest BCUT2D eigenvalue weighted by Gasteiger charge is -2.14. The Bertz CT molecular complexity index is 401. The third-order valence-electron chi connectivity index (χ3n) is 2.56. The van der Waals surface area contributed by atoms with Crippen molar-refractivity contribution in [1.29, 1.82) is 0 Å². The predicted octanol–water partition coefficient (Wildman–Crippen LogP) is 2.77. The molecule has 0 aliphatic heterocycles. The van der Waals surface area contributed by atoms with Crippen LogP contribution in [0.4, 0.5) is 5.69 Å². The van der Waals surface area contributed by atoms with E-state index in [1.165, 1.54) is 11.8 Å². The summed E-state index contributed by atoms with van der Waals surface area (Å²) in [5.74, 6) is 0.472. The normalized spacial score (nSPS) is 13.1. The monoisotopic (exact) mass is 243 g/mol. The van der Waals surface area contributed by atoms with Gasteiger partial charge in [-0.25, -0.2) is 0 Å². The molecule has 0 aliphatic rings. The fourth-order valence-electron chi connectivity index (χ4n) is 1.28. The van der Waals surface area contributed by atoms with Crippen molar-refractivity contribution in [3.8, 4) is 0 Å². The van der Waals surface area contributed by atoms with Crippen LogP contribution in [0.5, 0.6) is 0 Å². The van der Waals surface area contributed by atoms with E-state index in [-0.39, 0.29) is 10.6 Å². The first-order valence-corrected chi connectivity index (χ1v) is 6.07. The second-order valence-corrected chi connectivity index (χ2v) is 5.55. The molecule has 0 amide bonds. The largest absolute Gasteiger partial charge is 0.323 e. The van der Waals surface area contributed by atoms with Crippen LogP contribution in [-0.2, 0) is 7.05 Å². The Labute approximate surface area is 99.4 Å². The van der Waals surface area contributed by atoms with Crippen molar-refractivity contribution >= 4 is 17.4 Å². The Morgan fingerprint density at radius 2 is 2.00 bits per heavy atom. The number of hydrogen-bond acceptors (Lipinski definition) is 4. The van der Waals surface area contributed by atoms with Crippen molar-refractivity contribution in [3.05, 3.63) is 15.8 Å². The fourth-order valence-corrected chi connectivity index (χ4v) is 2.43. The van der Waals surface area contributed by atoms with Crippen LogP contribution in [0.15, 0.2) is 5.03 Å². The molecule has 90 valence electrons. The molecule has 0 N–H and O–H groups in total. The lowest BCUT2D eigenvalue weighted by molar-refractivity contribution is -0.388. The number of hydrogen-bond donors (Lipinski definition) is 0. The molecular formula is C10H17N3O2S. The van der Waals surface area contributed by atoms with Gasteiger partial charge in [-0.15, -0.1) is 0 Å². The number of rotatable bonds is 4. The van der Waals surface area contributed by atoms with E-state index in [0.717, 1.165) is 0 Å². The van der Waals surface area contributed by atoms with E-state index < -0.39 is 0 Å². The minimum atomic E-state index is -0.349. The maximum atomic E-state index is 10.9. The Morgan fingerprint density at radius 3 is 2.44 bits per heavy atom. The van der Waals surface area contributed by atoms with Crippen molar-refractivity contribution < 1.29 is 4.92 Å². The lowest BCUT2D eigenvalue weighted by atomic mass is 10.2. The zero-order chi connectivity index (χ0) is 12.5. The third kappa shape index (κ3) is 2.55. The second-order valence-electron chi connectivity index (χ2n) is 4.19. The van der Waals surface area contributed by atoms with Crippen molar-refractivity contribution in [1.82, 2.24) is 9.78 Å². The van der Waals surface area contributed by atoms with Crippen LogP contribution in [-0.4, -0.2) is 20.0 Å². The first-order chi connectivity index (χ1) is 7.34. The van der Waals surface area contributed by atoms with Gasteiger partial charge in [-0.1, -0.05) is 32.5 Å². The van der Waals surface area contributed by atoms with Gasteiger partial charge < -0.3 is 0 Å². The summed E-state index contributed by atoms with van der Waals surface area (Å²) in [5.41, 5.74) is 0.617. The fraction of sp³-hybridized carbons (Fsp3) is 0.700. The first-order valence-electron chi connectivity index (χ1n) is 5.19. The van der Waals surface area contributed by atoms with Crippen LogP contribution in [0.3, 0.4) is 0 Å². The van der Waals surface area contributed by atoms with Crippen LogP contribution in [0, 0.1) is 23.0 Å². The average molecular weight is 243 g/mol. The first kappa shape index (κ1) is 13.0. The molecule has 1 heterocycles. The Balaban J connectivity index is 3.07. The van der Waals surface area contributed by atoms with Gasteiger partial charge in [0.15, 0.2) is 5.03 Å². The maximum Gasteiger partial charge on any atom is 0.323 e. The highest BCUT2D eigenvalue weighted by Crippen LogP contribution is 2.35. The van der Waals surface area contributed by atoms with Gasteiger partial charge >= 0.3 is 5.69 Å². The number of thioether (sulfide) groups is 1. The van der Waals surface area contributed by atoms with Crippen molar-refractivity contribution in [2.45, 2.75) is 38.0 Å². The summed E-state index contributed by atoms with van der Waals surface area (Å²) in [6, 6.07) is 0. The van der Waals surface area contributed by atoms with Crippen molar-refractivity contribution in [2.24, 2.45) is 13.0 Å². The molecule has 0 radical (unpaired) electrons. The molecule has 0 saturated heterocycles. The van der Waals surface area contributed by atoms with Crippen LogP contribution in [0.25, 0.3) is 0 Å². The predicted molar refractivity (Wildman–Crippen MR) is 64.8 cm³/mol. The second kappa shape index (κ2) is 4.86. The molecule has 6 heteroatoms. The summed E-state index contributed by atoms with van der Waals surface area (Å²) < 4.78 is 1.59. The molecule has 1 unspecified atom stereocenters. The molecule has 16 heavy (non-hydrogen) atoms. The van der Waals surface area contributed by atoms with Gasteiger partial charge in [0.1, 0.15) is 5.69 Å². The molecule has 1 aromatic rings. The van der Waals surface area contributed by atoms with Gasteiger partial charge in [0.25, 0.3) is 0 Å². The van der Waals surface area contributed by atoms with Crippen molar-refractivity contribution in [3.63, 3.8) is 0 Å². The summed E-state index contributed by atoms with van der Waals surface area (Å²) >= 11 is 1.51. The summed E-state index contributed by atoms with van der Waals surface area (Å²) in [7, 11) is 1.75. The van der Waals surface area contributed by atoms with Gasteiger partial charge in [0.05, 0.1) is 4.92 Å². The molecule has 0 aromatic carbocycles. The van der Waals surface area contributed by atoms with E-state index in [0.29, 0.717) is 21.9 Å². The van der Waals surface area contributed by atoms with E-state index in [1.807, 2.05) is 0 Å². The Kier molecular flexibility index (Phi) is 3.96. The van der Waals surface area contributed by atoms with E-state index >= 15 is 0 Å². The highest BCUT2D eigenvalue weighted by atomic mass is 32.2. The van der Waals surface area contributed by atoms with Gasteiger partial charge in [-0.3, -0.25) is 14.8 Å². The molecule has 1 rings (SSSR count). The van der Waals surface area contributed by atoms with E-state index in [2.05, 4.69) is 25.9 Å². The van der Waals surface area contributed by atoms with Gasteiger partial charge in [0, 0.05) is 12.3 Å². The Morgan fingerprint density at radius 1 is 1.44 bits per heavy atom. The van der Waals surface area contributed by atoms with Gasteiger partial charge in [0.2, 0.25) is 0 Å². The molecule has 1 aromatic heterocycles. The summed E-state index contributed by atoms with van der Waals surface area (Å²) in [6.07, 6.45) is 0. The van der Waals surface area contributed by atoms with Gasteiger partial charge in [-0.2, -0.15) is 5.10 Å². The van der Waals surface area contributed by atoms with Crippen LogP contribution >= 0.6 is 11.8 Å². The molecule has 0 fully saturated rings. The lowest BCUT2D eigenvalue weighted by Crippen LogP contribution is -2.07. The van der Waals surface area contributed by atoms with E-state index in [1.54, 1.807) is 18.7 Å². The minimum Gasteiger partial charge on any atom is -0.258 e. The van der Waals surface area contributed by atoms with E-state index in [4.69, 9.17) is 0 Å². The highest BCUT2D eigenvalue weighted by Gasteiger charge is 2.26. The standard InChI is InChI=1S/C10H17N3O2S/c1-6(2)8(4)16-10-9(13(14)15)7(3)11-12(10)5/h6,8H,1-5H3. The molecular weight excluding hydrogens is 226 g/mol. The highest BCUT2D eigenvalue weighted by molar-refractivity contribution is 8.00. The van der Waals surface area contributed by atoms with Gasteiger partial charge in [-0.05, 0) is 12.8 Å². The summed E-state index contributed by atoms with van der Waals surface area (Å²) in [5, 5.41) is 16.0. The molecule has 5 nitrogen and oxygen atoms in total. The maximum absolute atomic E-state index is 10.9. The zero-order valence-corrected chi connectivity index (χ0v) is 11.0. The molecule has 0 spiro atoms. The van der Waals surface area contributed by atoms with Crippen LogP contribution in [0.2, 0.25) is 0 Å². The summed E-state index contributed by atoms with van der Waals surface area (Å²) in [6.45, 7) is 7.95. The molecule has 1 atom stereocenters. The van der Waals surface area contributed by atoms with Crippen LogP contribution < -0.4 is 0 Å². The number of aromatic nitrogens is 2. The topological polar surface area (TPSA) is 61.0 Å².